The standard InChI is InChI=1S/C21H27N3O8/c1-11(17(26)24-14(18(27)28)15(24)19(29)30)22-16(25)13(10-12-8-6-5-7-9-12)23-20(31)32-21(2,3)4/h5-9,11,13-15H,10H2,1-4H3,(H,22,25)(H,23,31)(H,27,28)(H,29,30)/t11-,13-,14+,15+/m1/s1. The van der Waals surface area contributed by atoms with Crippen molar-refractivity contribution in [2.45, 2.75) is 63.9 Å². The molecule has 32 heavy (non-hydrogen) atoms. The first-order chi connectivity index (χ1) is 14.8. The largest absolute Gasteiger partial charge is 0.480 e. The van der Waals surface area contributed by atoms with Gasteiger partial charge >= 0.3 is 18.0 Å². The van der Waals surface area contributed by atoms with E-state index in [1.165, 1.54) is 6.92 Å². The molecule has 0 bridgehead atoms. The third-order valence-corrected chi connectivity index (χ3v) is 4.59. The Morgan fingerprint density at radius 1 is 1.00 bits per heavy atom. The molecule has 1 aliphatic rings. The highest BCUT2D eigenvalue weighted by Gasteiger charge is 2.61. The Kier molecular flexibility index (Phi) is 7.44. The van der Waals surface area contributed by atoms with Crippen LogP contribution in [0.4, 0.5) is 4.79 Å². The normalized spacial score (nSPS) is 19.3. The Morgan fingerprint density at radius 3 is 2.00 bits per heavy atom. The third kappa shape index (κ3) is 6.43. The highest BCUT2D eigenvalue weighted by atomic mass is 16.6. The van der Waals surface area contributed by atoms with Crippen molar-refractivity contribution in [1.29, 1.82) is 0 Å². The minimum atomic E-state index is -1.49. The number of nitrogens with one attached hydrogen (secondary N) is 2. The van der Waals surface area contributed by atoms with E-state index in [0.717, 1.165) is 5.56 Å². The van der Waals surface area contributed by atoms with Gasteiger partial charge in [0.1, 0.15) is 17.7 Å². The van der Waals surface area contributed by atoms with Gasteiger partial charge in [-0.2, -0.15) is 0 Å². The summed E-state index contributed by atoms with van der Waals surface area (Å²) in [5.41, 5.74) is -0.0524. The highest BCUT2D eigenvalue weighted by molar-refractivity contribution is 6.02. The number of rotatable bonds is 8. The van der Waals surface area contributed by atoms with Crippen LogP contribution < -0.4 is 10.6 Å². The van der Waals surface area contributed by atoms with Crippen LogP contribution in [0.2, 0.25) is 0 Å². The molecule has 0 unspecified atom stereocenters. The quantitative estimate of drug-likeness (QED) is 0.414. The average molecular weight is 449 g/mol. The van der Waals surface area contributed by atoms with Crippen LogP contribution in [-0.2, 0) is 30.3 Å². The SMILES string of the molecule is C[C@@H](NC(=O)[C@@H](Cc1ccccc1)NC(=O)OC(C)(C)C)C(=O)N1[C@H](C(=O)O)[C@H]1C(=O)O. The van der Waals surface area contributed by atoms with Crippen LogP contribution in [0.1, 0.15) is 33.3 Å². The lowest BCUT2D eigenvalue weighted by Crippen LogP contribution is -2.53. The van der Waals surface area contributed by atoms with Crippen molar-refractivity contribution in [3.63, 3.8) is 0 Å². The number of aliphatic carboxylic acids is 2. The Morgan fingerprint density at radius 2 is 1.53 bits per heavy atom. The number of carbonyl (C=O) groups is 5. The van der Waals surface area contributed by atoms with Crippen LogP contribution >= 0.6 is 0 Å². The zero-order valence-electron chi connectivity index (χ0n) is 18.2. The summed E-state index contributed by atoms with van der Waals surface area (Å²) in [5, 5.41) is 23.1. The van der Waals surface area contributed by atoms with Crippen molar-refractivity contribution >= 4 is 29.8 Å². The molecule has 174 valence electrons. The second kappa shape index (κ2) is 9.67. The molecule has 4 atom stereocenters. The van der Waals surface area contributed by atoms with Gasteiger partial charge in [-0.1, -0.05) is 30.3 Å². The maximum absolute atomic E-state index is 12.9. The van der Waals surface area contributed by atoms with E-state index in [9.17, 15) is 24.0 Å². The number of amides is 3. The number of nitrogens with zero attached hydrogens (tertiary/aromatic N) is 1. The molecular formula is C21H27N3O8. The number of carboxylic acids is 2. The first-order valence-corrected chi connectivity index (χ1v) is 9.93. The fraction of sp³-hybridized carbons (Fsp3) is 0.476. The third-order valence-electron chi connectivity index (χ3n) is 4.59. The van der Waals surface area contributed by atoms with E-state index in [2.05, 4.69) is 10.6 Å². The molecule has 0 aliphatic carbocycles. The molecule has 1 fully saturated rings. The number of hydrogen-bond acceptors (Lipinski definition) is 6. The molecule has 0 saturated carbocycles. The van der Waals surface area contributed by atoms with Crippen LogP contribution in [0.5, 0.6) is 0 Å². The van der Waals surface area contributed by atoms with E-state index in [0.29, 0.717) is 4.90 Å². The van der Waals surface area contributed by atoms with Crippen molar-refractivity contribution < 1.29 is 38.9 Å². The first kappa shape index (κ1) is 24.6. The van der Waals surface area contributed by atoms with E-state index in [-0.39, 0.29) is 6.42 Å². The van der Waals surface area contributed by atoms with Crippen LogP contribution in [0.15, 0.2) is 30.3 Å². The number of benzene rings is 1. The van der Waals surface area contributed by atoms with E-state index in [1.54, 1.807) is 51.1 Å². The zero-order chi connectivity index (χ0) is 24.2. The van der Waals surface area contributed by atoms with E-state index >= 15 is 0 Å². The lowest BCUT2D eigenvalue weighted by Gasteiger charge is -2.24. The summed E-state index contributed by atoms with van der Waals surface area (Å²) in [7, 11) is 0. The predicted molar refractivity (Wildman–Crippen MR) is 111 cm³/mol. The summed E-state index contributed by atoms with van der Waals surface area (Å²) in [6, 6.07) is 3.56. The molecule has 1 heterocycles. The molecule has 1 aliphatic heterocycles. The summed E-state index contributed by atoms with van der Waals surface area (Å²) < 4.78 is 5.20. The van der Waals surface area contributed by atoms with Gasteiger partial charge in [-0.05, 0) is 33.3 Å². The number of carbonyl (C=O) groups excluding carboxylic acids is 3. The number of hydrogen-bond donors (Lipinski definition) is 4. The maximum atomic E-state index is 12.9. The fourth-order valence-corrected chi connectivity index (χ4v) is 3.12. The van der Waals surface area contributed by atoms with Gasteiger partial charge in [0, 0.05) is 6.42 Å². The molecule has 1 saturated heterocycles. The zero-order valence-corrected chi connectivity index (χ0v) is 18.2. The van der Waals surface area contributed by atoms with Gasteiger partial charge in [-0.3, -0.25) is 9.59 Å². The molecule has 11 heteroatoms. The van der Waals surface area contributed by atoms with Crippen LogP contribution in [0, 0.1) is 0 Å². The summed E-state index contributed by atoms with van der Waals surface area (Å²) in [4.78, 5) is 60.6. The predicted octanol–water partition coefficient (Wildman–Crippen LogP) is 0.376. The van der Waals surface area contributed by atoms with Crippen molar-refractivity contribution in [2.24, 2.45) is 0 Å². The minimum absolute atomic E-state index is 0.103. The average Bonchev–Trinajstić information content (AvgIpc) is 3.42. The minimum Gasteiger partial charge on any atom is -0.480 e. The molecule has 0 aromatic heterocycles. The number of alkyl carbamates (subject to hydrolysis) is 1. The molecule has 3 amide bonds. The Balaban J connectivity index is 2.10. The van der Waals surface area contributed by atoms with Gasteiger partial charge in [-0.25, -0.2) is 14.4 Å². The molecule has 0 spiro atoms. The lowest BCUT2D eigenvalue weighted by molar-refractivity contribution is -0.140. The summed E-state index contributed by atoms with van der Waals surface area (Å²) in [6.07, 6.45) is -0.720. The smallest absolute Gasteiger partial charge is 0.408 e. The van der Waals surface area contributed by atoms with Crippen molar-refractivity contribution in [3.8, 4) is 0 Å². The second-order valence-corrected chi connectivity index (χ2v) is 8.43. The summed E-state index contributed by atoms with van der Waals surface area (Å²) in [6.45, 7) is 6.31. The fourth-order valence-electron chi connectivity index (χ4n) is 3.12. The van der Waals surface area contributed by atoms with Crippen molar-refractivity contribution in [3.05, 3.63) is 35.9 Å². The Bertz CT molecular complexity index is 876. The first-order valence-electron chi connectivity index (χ1n) is 9.93. The molecule has 0 radical (unpaired) electrons. The number of ether oxygens (including phenoxy) is 1. The van der Waals surface area contributed by atoms with Gasteiger partial charge in [-0.15, -0.1) is 0 Å². The van der Waals surface area contributed by atoms with E-state index in [1.807, 2.05) is 0 Å². The Labute approximate surface area is 184 Å². The second-order valence-electron chi connectivity index (χ2n) is 8.43. The van der Waals surface area contributed by atoms with E-state index < -0.39 is 59.6 Å². The van der Waals surface area contributed by atoms with Gasteiger partial charge in [0.15, 0.2) is 12.1 Å². The van der Waals surface area contributed by atoms with Crippen LogP contribution in [0.25, 0.3) is 0 Å². The van der Waals surface area contributed by atoms with E-state index in [4.69, 9.17) is 14.9 Å². The van der Waals surface area contributed by atoms with Crippen molar-refractivity contribution in [1.82, 2.24) is 15.5 Å². The van der Waals surface area contributed by atoms with Gasteiger partial charge in [0.2, 0.25) is 11.8 Å². The molecule has 1 aromatic rings. The highest BCUT2D eigenvalue weighted by Crippen LogP contribution is 2.29. The maximum Gasteiger partial charge on any atom is 0.408 e. The van der Waals surface area contributed by atoms with Crippen LogP contribution in [0.3, 0.4) is 0 Å². The number of carboxylic acid groups (broad SMARTS) is 2. The van der Waals surface area contributed by atoms with Crippen molar-refractivity contribution in [2.75, 3.05) is 0 Å². The monoisotopic (exact) mass is 449 g/mol. The molecule has 1 aromatic carbocycles. The summed E-state index contributed by atoms with van der Waals surface area (Å²) >= 11 is 0. The van der Waals surface area contributed by atoms with Gasteiger partial charge in [0.05, 0.1) is 0 Å². The molecule has 11 nitrogen and oxygen atoms in total. The lowest BCUT2D eigenvalue weighted by atomic mass is 10.0. The van der Waals surface area contributed by atoms with Crippen LogP contribution in [-0.4, -0.2) is 74.7 Å². The van der Waals surface area contributed by atoms with Gasteiger partial charge in [0.25, 0.3) is 0 Å². The molecule has 2 rings (SSSR count). The molecule has 4 N–H and O–H groups in total. The summed E-state index contributed by atoms with van der Waals surface area (Å²) in [5.74, 6) is -4.45. The van der Waals surface area contributed by atoms with Gasteiger partial charge < -0.3 is 30.5 Å². The topological polar surface area (TPSA) is 162 Å². The molecular weight excluding hydrogens is 422 g/mol. The Hall–Kier alpha value is -3.63.